The normalized spacial score (nSPS) is 16.5. The van der Waals surface area contributed by atoms with Crippen LogP contribution < -0.4 is 5.32 Å². The first-order valence-corrected chi connectivity index (χ1v) is 6.08. The van der Waals surface area contributed by atoms with Gasteiger partial charge in [0.25, 0.3) is 0 Å². The van der Waals surface area contributed by atoms with Gasteiger partial charge in [0.15, 0.2) is 0 Å². The number of nitrogens with zero attached hydrogens (tertiary/aromatic N) is 2. The van der Waals surface area contributed by atoms with Crippen LogP contribution in [0.1, 0.15) is 11.6 Å². The summed E-state index contributed by atoms with van der Waals surface area (Å²) in [5, 5.41) is 13.9. The molecule has 0 radical (unpaired) electrons. The Labute approximate surface area is 133 Å². The molecule has 1 atom stereocenters. The SMILES string of the molecule is Cl.Cl.O=[N+]([O-])c1cc([C@@H](CF)N2CCNCC2)ccc1F. The summed E-state index contributed by atoms with van der Waals surface area (Å²) in [6, 6.07) is 3.01. The third kappa shape index (κ3) is 4.74. The Balaban J connectivity index is 0.00000200. The maximum Gasteiger partial charge on any atom is 0.305 e. The summed E-state index contributed by atoms with van der Waals surface area (Å²) in [5.41, 5.74) is -0.163. The third-order valence-electron chi connectivity index (χ3n) is 3.29. The second-order valence-electron chi connectivity index (χ2n) is 4.42. The summed E-state index contributed by atoms with van der Waals surface area (Å²) in [5.74, 6) is -0.897. The molecule has 9 heteroatoms. The molecule has 1 aliphatic rings. The maximum absolute atomic E-state index is 13.3. The quantitative estimate of drug-likeness (QED) is 0.674. The number of piperazine rings is 1. The van der Waals surface area contributed by atoms with Crippen molar-refractivity contribution < 1.29 is 13.7 Å². The van der Waals surface area contributed by atoms with Gasteiger partial charge in [-0.1, -0.05) is 6.07 Å². The van der Waals surface area contributed by atoms with Crippen molar-refractivity contribution in [3.8, 4) is 0 Å². The number of benzene rings is 1. The number of alkyl halides is 1. The summed E-state index contributed by atoms with van der Waals surface area (Å²) >= 11 is 0. The summed E-state index contributed by atoms with van der Waals surface area (Å²) in [6.45, 7) is 2.18. The van der Waals surface area contributed by atoms with Gasteiger partial charge in [-0.25, -0.2) is 4.39 Å². The molecule has 1 aromatic rings. The highest BCUT2D eigenvalue weighted by Crippen LogP contribution is 2.27. The number of nitrogens with one attached hydrogen (secondary N) is 1. The molecule has 1 saturated heterocycles. The summed E-state index contributed by atoms with van der Waals surface area (Å²) in [6.07, 6.45) is 0. The van der Waals surface area contributed by atoms with Gasteiger partial charge in [-0.3, -0.25) is 15.0 Å². The predicted octanol–water partition coefficient (Wildman–Crippen LogP) is 2.49. The van der Waals surface area contributed by atoms with Gasteiger partial charge < -0.3 is 5.32 Å². The van der Waals surface area contributed by atoms with Gasteiger partial charge in [-0.2, -0.15) is 4.39 Å². The topological polar surface area (TPSA) is 58.4 Å². The third-order valence-corrected chi connectivity index (χ3v) is 3.29. The van der Waals surface area contributed by atoms with Gasteiger partial charge in [0.2, 0.25) is 5.82 Å². The van der Waals surface area contributed by atoms with E-state index in [1.807, 2.05) is 4.90 Å². The lowest BCUT2D eigenvalue weighted by Gasteiger charge is -2.33. The van der Waals surface area contributed by atoms with Crippen molar-refractivity contribution in [2.45, 2.75) is 6.04 Å². The molecule has 0 unspecified atom stereocenters. The van der Waals surface area contributed by atoms with Crippen LogP contribution >= 0.6 is 24.8 Å². The molecule has 0 aliphatic carbocycles. The molecule has 1 heterocycles. The van der Waals surface area contributed by atoms with Crippen molar-refractivity contribution in [3.05, 3.63) is 39.7 Å². The molecular formula is C12H17Cl2F2N3O2. The van der Waals surface area contributed by atoms with Crippen LogP contribution in [0.4, 0.5) is 14.5 Å². The van der Waals surface area contributed by atoms with Crippen LogP contribution in [0.25, 0.3) is 0 Å². The maximum atomic E-state index is 13.3. The minimum atomic E-state index is -0.897. The molecule has 21 heavy (non-hydrogen) atoms. The Morgan fingerprint density at radius 1 is 1.33 bits per heavy atom. The van der Waals surface area contributed by atoms with Gasteiger partial charge in [-0.15, -0.1) is 24.8 Å². The average molecular weight is 344 g/mol. The Kier molecular flexibility index (Phi) is 8.65. The highest BCUT2D eigenvalue weighted by Gasteiger charge is 2.25. The minimum Gasteiger partial charge on any atom is -0.314 e. The monoisotopic (exact) mass is 343 g/mol. The fourth-order valence-corrected chi connectivity index (χ4v) is 2.27. The van der Waals surface area contributed by atoms with Crippen LogP contribution in [-0.4, -0.2) is 42.7 Å². The summed E-state index contributed by atoms with van der Waals surface area (Å²) < 4.78 is 26.5. The van der Waals surface area contributed by atoms with E-state index in [0.29, 0.717) is 18.7 Å². The predicted molar refractivity (Wildman–Crippen MR) is 80.7 cm³/mol. The van der Waals surface area contributed by atoms with Crippen LogP contribution in [0.2, 0.25) is 0 Å². The van der Waals surface area contributed by atoms with Crippen molar-refractivity contribution in [3.63, 3.8) is 0 Å². The Morgan fingerprint density at radius 2 is 1.95 bits per heavy atom. The molecule has 0 amide bonds. The highest BCUT2D eigenvalue weighted by atomic mass is 35.5. The molecule has 120 valence electrons. The Morgan fingerprint density at radius 3 is 2.48 bits per heavy atom. The van der Waals surface area contributed by atoms with Crippen LogP contribution in [0, 0.1) is 15.9 Å². The van der Waals surface area contributed by atoms with E-state index in [2.05, 4.69) is 5.32 Å². The van der Waals surface area contributed by atoms with E-state index < -0.39 is 29.1 Å². The van der Waals surface area contributed by atoms with Gasteiger partial charge >= 0.3 is 5.69 Å². The standard InChI is InChI=1S/C12H15F2N3O2.2ClH/c13-8-12(16-5-3-15-4-6-16)9-1-2-10(14)11(7-9)17(18)19;;/h1-2,7,12,15H,3-6,8H2;2*1H/t12-;;/m1../s1. The number of halogens is 4. The van der Waals surface area contributed by atoms with E-state index in [1.165, 1.54) is 6.07 Å². The molecule has 1 N–H and O–H groups in total. The van der Waals surface area contributed by atoms with Crippen LogP contribution in [0.3, 0.4) is 0 Å². The van der Waals surface area contributed by atoms with Gasteiger partial charge in [-0.05, 0) is 11.6 Å². The zero-order valence-electron chi connectivity index (χ0n) is 11.1. The first-order chi connectivity index (χ1) is 9.13. The van der Waals surface area contributed by atoms with Crippen LogP contribution in [0.15, 0.2) is 18.2 Å². The zero-order valence-corrected chi connectivity index (χ0v) is 12.8. The van der Waals surface area contributed by atoms with E-state index in [4.69, 9.17) is 0 Å². The first kappa shape index (κ1) is 20.0. The zero-order chi connectivity index (χ0) is 13.8. The molecule has 0 saturated carbocycles. The largest absolute Gasteiger partial charge is 0.314 e. The Bertz CT molecular complexity index is 474. The molecule has 2 rings (SSSR count). The molecule has 1 fully saturated rings. The molecule has 0 spiro atoms. The average Bonchev–Trinajstić information content (AvgIpc) is 2.42. The number of hydrogen-bond donors (Lipinski definition) is 1. The smallest absolute Gasteiger partial charge is 0.305 e. The van der Waals surface area contributed by atoms with Gasteiger partial charge in [0.1, 0.15) is 6.67 Å². The molecule has 1 aliphatic heterocycles. The lowest BCUT2D eigenvalue weighted by Crippen LogP contribution is -2.45. The number of nitro groups is 1. The van der Waals surface area contributed by atoms with E-state index in [1.54, 1.807) is 0 Å². The summed E-state index contributed by atoms with van der Waals surface area (Å²) in [7, 11) is 0. The number of rotatable bonds is 4. The van der Waals surface area contributed by atoms with Crippen molar-refractivity contribution in [2.24, 2.45) is 0 Å². The van der Waals surface area contributed by atoms with E-state index >= 15 is 0 Å². The first-order valence-electron chi connectivity index (χ1n) is 6.08. The van der Waals surface area contributed by atoms with E-state index in [-0.39, 0.29) is 24.8 Å². The molecule has 0 aromatic heterocycles. The van der Waals surface area contributed by atoms with Crippen molar-refractivity contribution >= 4 is 30.5 Å². The van der Waals surface area contributed by atoms with E-state index in [9.17, 15) is 18.9 Å². The molecule has 5 nitrogen and oxygen atoms in total. The fraction of sp³-hybridized carbons (Fsp3) is 0.500. The van der Waals surface area contributed by atoms with Gasteiger partial charge in [0, 0.05) is 32.2 Å². The highest BCUT2D eigenvalue weighted by molar-refractivity contribution is 5.85. The minimum absolute atomic E-state index is 0. The Hall–Kier alpha value is -1.02. The lowest BCUT2D eigenvalue weighted by molar-refractivity contribution is -0.387. The number of hydrogen-bond acceptors (Lipinski definition) is 4. The lowest BCUT2D eigenvalue weighted by atomic mass is 10.0. The van der Waals surface area contributed by atoms with Crippen molar-refractivity contribution in [1.82, 2.24) is 10.2 Å². The number of nitro benzene ring substituents is 1. The molecule has 1 aromatic carbocycles. The summed E-state index contributed by atoms with van der Waals surface area (Å²) in [4.78, 5) is 11.8. The van der Waals surface area contributed by atoms with Crippen LogP contribution in [-0.2, 0) is 0 Å². The molecular weight excluding hydrogens is 327 g/mol. The fourth-order valence-electron chi connectivity index (χ4n) is 2.27. The van der Waals surface area contributed by atoms with Crippen molar-refractivity contribution in [1.29, 1.82) is 0 Å². The van der Waals surface area contributed by atoms with Gasteiger partial charge in [0.05, 0.1) is 11.0 Å². The second-order valence-corrected chi connectivity index (χ2v) is 4.42. The molecule has 0 bridgehead atoms. The second kappa shape index (κ2) is 9.09. The van der Waals surface area contributed by atoms with Crippen molar-refractivity contribution in [2.75, 3.05) is 32.9 Å². The van der Waals surface area contributed by atoms with Crippen LogP contribution in [0.5, 0.6) is 0 Å². The van der Waals surface area contributed by atoms with E-state index in [0.717, 1.165) is 25.2 Å².